The maximum absolute atomic E-state index is 10.9. The van der Waals surface area contributed by atoms with Gasteiger partial charge in [0.2, 0.25) is 0 Å². The molecular formula is C14H20N4O2. The molecule has 0 radical (unpaired) electrons. The van der Waals surface area contributed by atoms with Gasteiger partial charge in [-0.25, -0.2) is 0 Å². The van der Waals surface area contributed by atoms with Crippen LogP contribution in [0.1, 0.15) is 24.8 Å². The summed E-state index contributed by atoms with van der Waals surface area (Å²) in [6, 6.07) is 4.99. The van der Waals surface area contributed by atoms with Crippen molar-refractivity contribution in [2.24, 2.45) is 5.10 Å². The summed E-state index contributed by atoms with van der Waals surface area (Å²) in [6.07, 6.45) is 5.28. The minimum atomic E-state index is -0.368. The molecular weight excluding hydrogens is 256 g/mol. The largest absolute Gasteiger partial charge is 0.371 e. The van der Waals surface area contributed by atoms with Crippen LogP contribution in [0.3, 0.4) is 0 Å². The van der Waals surface area contributed by atoms with Crippen LogP contribution in [0.4, 0.5) is 11.4 Å². The summed E-state index contributed by atoms with van der Waals surface area (Å²) in [4.78, 5) is 12.8. The second-order valence-electron chi connectivity index (χ2n) is 5.14. The third-order valence-electron chi connectivity index (χ3n) is 3.35. The number of nitro benzene ring substituents is 1. The van der Waals surface area contributed by atoms with Crippen molar-refractivity contribution in [1.29, 1.82) is 0 Å². The number of rotatable bonds is 4. The molecule has 0 N–H and O–H groups in total. The second-order valence-corrected chi connectivity index (χ2v) is 5.14. The molecule has 0 aliphatic carbocycles. The molecule has 1 saturated heterocycles. The van der Waals surface area contributed by atoms with E-state index < -0.39 is 0 Å². The highest BCUT2D eigenvalue weighted by atomic mass is 16.6. The van der Waals surface area contributed by atoms with E-state index in [9.17, 15) is 10.1 Å². The fourth-order valence-corrected chi connectivity index (χ4v) is 2.36. The van der Waals surface area contributed by atoms with E-state index in [-0.39, 0.29) is 10.6 Å². The molecule has 0 amide bonds. The summed E-state index contributed by atoms with van der Waals surface area (Å²) >= 11 is 0. The Morgan fingerprint density at radius 2 is 2.00 bits per heavy atom. The van der Waals surface area contributed by atoms with Crippen LogP contribution in [0, 0.1) is 10.1 Å². The first kappa shape index (κ1) is 14.3. The fraction of sp³-hybridized carbons (Fsp3) is 0.500. The molecule has 0 aromatic heterocycles. The lowest BCUT2D eigenvalue weighted by Gasteiger charge is -2.30. The van der Waals surface area contributed by atoms with E-state index in [4.69, 9.17) is 0 Å². The van der Waals surface area contributed by atoms with Gasteiger partial charge in [0.15, 0.2) is 0 Å². The highest BCUT2D eigenvalue weighted by Crippen LogP contribution is 2.26. The van der Waals surface area contributed by atoms with Crippen molar-refractivity contribution >= 4 is 17.6 Å². The zero-order valence-corrected chi connectivity index (χ0v) is 12.0. The number of hydrogen-bond donors (Lipinski definition) is 0. The van der Waals surface area contributed by atoms with Gasteiger partial charge in [0.1, 0.15) is 0 Å². The van der Waals surface area contributed by atoms with E-state index in [0.29, 0.717) is 0 Å². The quantitative estimate of drug-likeness (QED) is 0.481. The maximum Gasteiger partial charge on any atom is 0.270 e. The van der Waals surface area contributed by atoms with Crippen LogP contribution in [0.15, 0.2) is 23.3 Å². The molecule has 0 atom stereocenters. The number of piperidine rings is 1. The van der Waals surface area contributed by atoms with Gasteiger partial charge in [0.25, 0.3) is 5.69 Å². The fourth-order valence-electron chi connectivity index (χ4n) is 2.36. The smallest absolute Gasteiger partial charge is 0.270 e. The lowest BCUT2D eigenvalue weighted by molar-refractivity contribution is -0.384. The molecule has 1 fully saturated rings. The van der Waals surface area contributed by atoms with Crippen molar-refractivity contribution in [2.75, 3.05) is 32.1 Å². The van der Waals surface area contributed by atoms with E-state index in [1.165, 1.54) is 19.3 Å². The molecule has 1 heterocycles. The lowest BCUT2D eigenvalue weighted by Crippen LogP contribution is -2.30. The minimum absolute atomic E-state index is 0.103. The SMILES string of the molecule is CN(C)/N=C/c1cc([N+](=O)[O-])ccc1N1CCCCC1. The number of hydrazone groups is 1. The van der Waals surface area contributed by atoms with Gasteiger partial charge in [0.05, 0.1) is 11.1 Å². The summed E-state index contributed by atoms with van der Waals surface area (Å²) in [5.41, 5.74) is 1.93. The molecule has 0 spiro atoms. The minimum Gasteiger partial charge on any atom is -0.371 e. The molecule has 0 bridgehead atoms. The third kappa shape index (κ3) is 3.46. The normalized spacial score (nSPS) is 15.6. The molecule has 20 heavy (non-hydrogen) atoms. The Bertz CT molecular complexity index is 508. The number of anilines is 1. The molecule has 0 saturated carbocycles. The topological polar surface area (TPSA) is 62.0 Å². The number of nitro groups is 1. The maximum atomic E-state index is 10.9. The van der Waals surface area contributed by atoms with Crippen LogP contribution in [-0.4, -0.2) is 43.3 Å². The number of non-ortho nitro benzene ring substituents is 1. The van der Waals surface area contributed by atoms with Gasteiger partial charge in [0, 0.05) is 50.6 Å². The second kappa shape index (κ2) is 6.36. The molecule has 0 unspecified atom stereocenters. The van der Waals surface area contributed by atoms with E-state index in [1.807, 2.05) is 20.2 Å². The van der Waals surface area contributed by atoms with Gasteiger partial charge in [-0.1, -0.05) is 0 Å². The van der Waals surface area contributed by atoms with Crippen molar-refractivity contribution in [1.82, 2.24) is 5.01 Å². The van der Waals surface area contributed by atoms with E-state index in [0.717, 1.165) is 24.3 Å². The molecule has 1 aliphatic rings. The monoisotopic (exact) mass is 276 g/mol. The summed E-state index contributed by atoms with van der Waals surface area (Å²) < 4.78 is 0. The zero-order chi connectivity index (χ0) is 14.5. The van der Waals surface area contributed by atoms with Gasteiger partial charge < -0.3 is 9.91 Å². The first-order valence-corrected chi connectivity index (χ1v) is 6.82. The van der Waals surface area contributed by atoms with Crippen LogP contribution in [0.25, 0.3) is 0 Å². The van der Waals surface area contributed by atoms with Gasteiger partial charge in [-0.3, -0.25) is 10.1 Å². The van der Waals surface area contributed by atoms with Crippen molar-refractivity contribution in [2.45, 2.75) is 19.3 Å². The first-order chi connectivity index (χ1) is 9.58. The van der Waals surface area contributed by atoms with Gasteiger partial charge in [-0.15, -0.1) is 0 Å². The first-order valence-electron chi connectivity index (χ1n) is 6.82. The van der Waals surface area contributed by atoms with Crippen LogP contribution in [-0.2, 0) is 0 Å². The summed E-state index contributed by atoms with van der Waals surface area (Å²) in [6.45, 7) is 2.00. The van der Waals surface area contributed by atoms with Crippen molar-refractivity contribution in [3.8, 4) is 0 Å². The molecule has 1 aliphatic heterocycles. The predicted octanol–water partition coefficient (Wildman–Crippen LogP) is 2.48. The molecule has 1 aromatic carbocycles. The lowest BCUT2D eigenvalue weighted by atomic mass is 10.1. The van der Waals surface area contributed by atoms with Crippen molar-refractivity contribution in [3.05, 3.63) is 33.9 Å². The van der Waals surface area contributed by atoms with E-state index >= 15 is 0 Å². The number of benzene rings is 1. The standard InChI is InChI=1S/C14H20N4O2/c1-16(2)15-11-12-10-13(18(19)20)6-7-14(12)17-8-4-3-5-9-17/h6-7,10-11H,3-5,8-9H2,1-2H3/b15-11+. The predicted molar refractivity (Wildman–Crippen MR) is 80.4 cm³/mol. The molecule has 6 heteroatoms. The summed E-state index contributed by atoms with van der Waals surface area (Å²) in [5.74, 6) is 0. The zero-order valence-electron chi connectivity index (χ0n) is 12.0. The van der Waals surface area contributed by atoms with Crippen LogP contribution >= 0.6 is 0 Å². The van der Waals surface area contributed by atoms with Gasteiger partial charge >= 0.3 is 0 Å². The van der Waals surface area contributed by atoms with Crippen LogP contribution < -0.4 is 4.90 Å². The molecule has 108 valence electrons. The number of hydrogen-bond acceptors (Lipinski definition) is 5. The summed E-state index contributed by atoms with van der Waals surface area (Å²) in [5, 5.41) is 16.8. The summed E-state index contributed by atoms with van der Waals surface area (Å²) in [7, 11) is 3.66. The average Bonchev–Trinajstić information content (AvgIpc) is 2.45. The van der Waals surface area contributed by atoms with Gasteiger partial charge in [-0.05, 0) is 25.3 Å². The highest BCUT2D eigenvalue weighted by molar-refractivity contribution is 5.89. The Hall–Kier alpha value is -2.11. The van der Waals surface area contributed by atoms with Crippen molar-refractivity contribution in [3.63, 3.8) is 0 Å². The Kier molecular flexibility index (Phi) is 4.55. The third-order valence-corrected chi connectivity index (χ3v) is 3.35. The average molecular weight is 276 g/mol. The van der Waals surface area contributed by atoms with Crippen LogP contribution in [0.2, 0.25) is 0 Å². The Morgan fingerprint density at radius 3 is 2.60 bits per heavy atom. The number of nitrogens with zero attached hydrogens (tertiary/aromatic N) is 4. The van der Waals surface area contributed by atoms with Crippen molar-refractivity contribution < 1.29 is 4.92 Å². The molecule has 2 rings (SSSR count). The Morgan fingerprint density at radius 1 is 1.30 bits per heavy atom. The molecule has 1 aromatic rings. The highest BCUT2D eigenvalue weighted by Gasteiger charge is 2.16. The Labute approximate surface area is 118 Å². The Balaban J connectivity index is 2.35. The van der Waals surface area contributed by atoms with Gasteiger partial charge in [-0.2, -0.15) is 5.10 Å². The van der Waals surface area contributed by atoms with Crippen LogP contribution in [0.5, 0.6) is 0 Å². The van der Waals surface area contributed by atoms with E-state index in [1.54, 1.807) is 23.4 Å². The van der Waals surface area contributed by atoms with E-state index in [2.05, 4.69) is 10.0 Å². The molecule has 6 nitrogen and oxygen atoms in total.